The monoisotopic (exact) mass is 161 g/mol. The van der Waals surface area contributed by atoms with Crippen molar-refractivity contribution in [3.05, 3.63) is 0 Å². The highest BCUT2D eigenvalue weighted by molar-refractivity contribution is 7.81. The van der Waals surface area contributed by atoms with E-state index in [4.69, 9.17) is 5.11 Å². The lowest BCUT2D eigenvalue weighted by Crippen LogP contribution is -2.24. The predicted molar refractivity (Wildman–Crippen MR) is 41.4 cm³/mol. The van der Waals surface area contributed by atoms with Crippen molar-refractivity contribution in [1.29, 1.82) is 0 Å². The lowest BCUT2D eigenvalue weighted by atomic mass is 10.2. The average molecular weight is 161 g/mol. The quantitative estimate of drug-likeness (QED) is 0.504. The number of carboxylic acid groups (broad SMARTS) is 1. The summed E-state index contributed by atoms with van der Waals surface area (Å²) in [7, 11) is 0. The summed E-state index contributed by atoms with van der Waals surface area (Å²) in [6.07, 6.45) is 1.09. The summed E-state index contributed by atoms with van der Waals surface area (Å²) in [5.74, 6) is -0.736. The Labute approximate surface area is 65.2 Å². The largest absolute Gasteiger partial charge is 0.481 e. The molecule has 1 rings (SSSR count). The Balaban J connectivity index is 2.24. The molecule has 0 spiro atoms. The van der Waals surface area contributed by atoms with E-state index < -0.39 is 5.97 Å². The van der Waals surface area contributed by atoms with E-state index in [0.29, 0.717) is 5.25 Å². The number of carbonyl (C=O) groups is 1. The summed E-state index contributed by atoms with van der Waals surface area (Å²) in [6, 6.07) is 0.139. The van der Waals surface area contributed by atoms with Gasteiger partial charge in [0.25, 0.3) is 0 Å². The van der Waals surface area contributed by atoms with E-state index in [0.717, 1.165) is 13.0 Å². The van der Waals surface area contributed by atoms with Crippen LogP contribution in [0.4, 0.5) is 0 Å². The van der Waals surface area contributed by atoms with Gasteiger partial charge in [-0.15, -0.1) is 0 Å². The number of thiol groups is 1. The van der Waals surface area contributed by atoms with Gasteiger partial charge in [0.05, 0.1) is 6.42 Å². The van der Waals surface area contributed by atoms with Gasteiger partial charge in [0.15, 0.2) is 0 Å². The Morgan fingerprint density at radius 1 is 1.80 bits per heavy atom. The summed E-state index contributed by atoms with van der Waals surface area (Å²) in [5.41, 5.74) is 0. The summed E-state index contributed by atoms with van der Waals surface area (Å²) in [4.78, 5) is 10.2. The molecular formula is C6H11NO2S. The molecule has 1 saturated heterocycles. The Hall–Kier alpha value is -0.220. The van der Waals surface area contributed by atoms with Crippen LogP contribution >= 0.6 is 12.6 Å². The second-order valence-electron chi connectivity index (χ2n) is 2.59. The molecule has 0 radical (unpaired) electrons. The fourth-order valence-electron chi connectivity index (χ4n) is 1.16. The molecule has 4 heteroatoms. The molecule has 0 saturated carbocycles. The van der Waals surface area contributed by atoms with Crippen LogP contribution in [0.2, 0.25) is 0 Å². The first kappa shape index (κ1) is 7.88. The van der Waals surface area contributed by atoms with Gasteiger partial charge in [-0.2, -0.15) is 12.6 Å². The average Bonchev–Trinajstić information content (AvgIpc) is 2.13. The molecule has 2 N–H and O–H groups in total. The van der Waals surface area contributed by atoms with Crippen LogP contribution in [0.5, 0.6) is 0 Å². The zero-order valence-corrected chi connectivity index (χ0v) is 6.47. The number of hydrogen-bond donors (Lipinski definition) is 3. The molecule has 0 aromatic carbocycles. The fraction of sp³-hybridized carbons (Fsp3) is 0.833. The maximum atomic E-state index is 10.2. The molecule has 0 unspecified atom stereocenters. The first-order valence-corrected chi connectivity index (χ1v) is 3.83. The highest BCUT2D eigenvalue weighted by Gasteiger charge is 2.22. The van der Waals surface area contributed by atoms with Crippen molar-refractivity contribution in [2.45, 2.75) is 24.1 Å². The number of aliphatic carboxylic acids is 1. The Bertz CT molecular complexity index is 140. The number of nitrogens with one attached hydrogen (secondary N) is 1. The Morgan fingerprint density at radius 2 is 2.50 bits per heavy atom. The van der Waals surface area contributed by atoms with E-state index in [1.807, 2.05) is 0 Å². The van der Waals surface area contributed by atoms with Crippen molar-refractivity contribution in [1.82, 2.24) is 5.32 Å². The van der Waals surface area contributed by atoms with E-state index in [9.17, 15) is 4.79 Å². The molecular weight excluding hydrogens is 150 g/mol. The standard InChI is InChI=1S/C6H11NO2S/c8-6(9)2-4-1-5(10)3-7-4/h4-5,7,10H,1-3H2,(H,8,9)/t4-,5+/m0/s1. The molecule has 0 aromatic heterocycles. The molecule has 58 valence electrons. The topological polar surface area (TPSA) is 49.3 Å². The smallest absolute Gasteiger partial charge is 0.304 e. The van der Waals surface area contributed by atoms with Crippen molar-refractivity contribution in [2.24, 2.45) is 0 Å². The van der Waals surface area contributed by atoms with Crippen molar-refractivity contribution in [3.63, 3.8) is 0 Å². The Kier molecular flexibility index (Phi) is 2.56. The minimum Gasteiger partial charge on any atom is -0.481 e. The number of rotatable bonds is 2. The molecule has 1 aliphatic heterocycles. The first-order chi connectivity index (χ1) is 4.68. The number of carboxylic acids is 1. The summed E-state index contributed by atoms with van der Waals surface area (Å²) < 4.78 is 0. The predicted octanol–water partition coefficient (Wildman–Crippen LogP) is 0.121. The molecule has 3 nitrogen and oxygen atoms in total. The zero-order valence-electron chi connectivity index (χ0n) is 5.58. The minimum atomic E-state index is -0.736. The lowest BCUT2D eigenvalue weighted by Gasteiger charge is -2.04. The van der Waals surface area contributed by atoms with E-state index in [2.05, 4.69) is 17.9 Å². The van der Waals surface area contributed by atoms with E-state index in [1.165, 1.54) is 0 Å². The molecule has 1 heterocycles. The molecule has 0 aliphatic carbocycles. The lowest BCUT2D eigenvalue weighted by molar-refractivity contribution is -0.137. The van der Waals surface area contributed by atoms with Crippen LogP contribution in [0.3, 0.4) is 0 Å². The molecule has 0 bridgehead atoms. The SMILES string of the molecule is O=C(O)C[C@@H]1C[C@@H](S)CN1. The van der Waals surface area contributed by atoms with Crippen LogP contribution in [0.1, 0.15) is 12.8 Å². The zero-order chi connectivity index (χ0) is 7.56. The van der Waals surface area contributed by atoms with Crippen molar-refractivity contribution >= 4 is 18.6 Å². The number of hydrogen-bond acceptors (Lipinski definition) is 3. The molecule has 10 heavy (non-hydrogen) atoms. The van der Waals surface area contributed by atoms with E-state index in [-0.39, 0.29) is 12.5 Å². The highest BCUT2D eigenvalue weighted by Crippen LogP contribution is 2.13. The third kappa shape index (κ3) is 2.19. The fourth-order valence-corrected chi connectivity index (χ4v) is 1.52. The van der Waals surface area contributed by atoms with Crippen LogP contribution in [-0.4, -0.2) is 28.9 Å². The normalized spacial score (nSPS) is 32.5. The van der Waals surface area contributed by atoms with Gasteiger partial charge in [0.1, 0.15) is 0 Å². The van der Waals surface area contributed by atoms with Crippen LogP contribution in [0, 0.1) is 0 Å². The van der Waals surface area contributed by atoms with Gasteiger partial charge in [-0.05, 0) is 6.42 Å². The molecule has 0 amide bonds. The van der Waals surface area contributed by atoms with Crippen molar-refractivity contribution in [2.75, 3.05) is 6.54 Å². The summed E-state index contributed by atoms with van der Waals surface area (Å²) >= 11 is 4.22. The van der Waals surface area contributed by atoms with Gasteiger partial charge in [0, 0.05) is 17.8 Å². The first-order valence-electron chi connectivity index (χ1n) is 3.31. The van der Waals surface area contributed by atoms with Crippen LogP contribution < -0.4 is 5.32 Å². The third-order valence-corrected chi connectivity index (χ3v) is 2.01. The van der Waals surface area contributed by atoms with Gasteiger partial charge in [-0.3, -0.25) is 4.79 Å². The van der Waals surface area contributed by atoms with Gasteiger partial charge in [-0.25, -0.2) is 0 Å². The highest BCUT2D eigenvalue weighted by atomic mass is 32.1. The van der Waals surface area contributed by atoms with Gasteiger partial charge in [0.2, 0.25) is 0 Å². The van der Waals surface area contributed by atoms with Crippen molar-refractivity contribution < 1.29 is 9.90 Å². The molecule has 0 aromatic rings. The maximum absolute atomic E-state index is 10.2. The minimum absolute atomic E-state index is 0.139. The maximum Gasteiger partial charge on any atom is 0.304 e. The van der Waals surface area contributed by atoms with Crippen LogP contribution in [0.25, 0.3) is 0 Å². The van der Waals surface area contributed by atoms with Crippen LogP contribution in [0.15, 0.2) is 0 Å². The van der Waals surface area contributed by atoms with E-state index >= 15 is 0 Å². The van der Waals surface area contributed by atoms with Crippen molar-refractivity contribution in [3.8, 4) is 0 Å². The molecule has 1 aliphatic rings. The summed E-state index contributed by atoms with van der Waals surface area (Å²) in [5, 5.41) is 11.8. The third-order valence-electron chi connectivity index (χ3n) is 1.62. The second-order valence-corrected chi connectivity index (χ2v) is 3.32. The van der Waals surface area contributed by atoms with Gasteiger partial charge >= 0.3 is 5.97 Å². The summed E-state index contributed by atoms with van der Waals surface area (Å²) in [6.45, 7) is 0.834. The second kappa shape index (κ2) is 3.25. The van der Waals surface area contributed by atoms with Crippen LogP contribution in [-0.2, 0) is 4.79 Å². The molecule has 2 atom stereocenters. The van der Waals surface area contributed by atoms with E-state index in [1.54, 1.807) is 0 Å². The van der Waals surface area contributed by atoms with Gasteiger partial charge in [-0.1, -0.05) is 0 Å². The Morgan fingerprint density at radius 3 is 2.90 bits per heavy atom. The molecule has 1 fully saturated rings. The van der Waals surface area contributed by atoms with Gasteiger partial charge < -0.3 is 10.4 Å².